The van der Waals surface area contributed by atoms with Crippen molar-refractivity contribution in [1.82, 2.24) is 5.32 Å². The van der Waals surface area contributed by atoms with Crippen LogP contribution in [0.15, 0.2) is 48.2 Å². The van der Waals surface area contributed by atoms with Gasteiger partial charge in [-0.2, -0.15) is 0 Å². The summed E-state index contributed by atoms with van der Waals surface area (Å²) in [5.74, 6) is 0.769. The van der Waals surface area contributed by atoms with Crippen molar-refractivity contribution in [2.75, 3.05) is 19.1 Å². The van der Waals surface area contributed by atoms with E-state index in [0.717, 1.165) is 49.1 Å². The van der Waals surface area contributed by atoms with Gasteiger partial charge < -0.3 is 24.4 Å². The highest BCUT2D eigenvalue weighted by molar-refractivity contribution is 6.34. The van der Waals surface area contributed by atoms with Gasteiger partial charge in [-0.3, -0.25) is 0 Å². The highest BCUT2D eigenvalue weighted by atomic mass is 35.5. The molecule has 4 bridgehead atoms. The first-order chi connectivity index (χ1) is 16.6. The Bertz CT molecular complexity index is 1050. The Labute approximate surface area is 213 Å². The van der Waals surface area contributed by atoms with Crippen molar-refractivity contribution >= 4 is 23.4 Å². The van der Waals surface area contributed by atoms with E-state index in [4.69, 9.17) is 25.8 Å². The Hall–Kier alpha value is -2.44. The molecule has 0 aromatic heterocycles. The number of ether oxygens (including phenoxy) is 3. The monoisotopic (exact) mass is 500 g/mol. The van der Waals surface area contributed by atoms with E-state index in [1.807, 2.05) is 18.0 Å². The molecule has 2 saturated heterocycles. The topological polar surface area (TPSA) is 63.3 Å². The lowest BCUT2D eigenvalue weighted by atomic mass is 9.86. The Morgan fingerprint density at radius 3 is 2.86 bits per heavy atom. The molecule has 3 aliphatic heterocycles. The van der Waals surface area contributed by atoms with Crippen molar-refractivity contribution in [2.45, 2.75) is 76.7 Å². The first-order valence-corrected chi connectivity index (χ1v) is 12.7. The van der Waals surface area contributed by atoms with E-state index in [9.17, 15) is 4.79 Å². The van der Waals surface area contributed by atoms with Gasteiger partial charge in [-0.1, -0.05) is 48.9 Å². The second-order valence-electron chi connectivity index (χ2n) is 10.3. The fraction of sp³-hybridized carbons (Fsp3) is 0.536. The van der Waals surface area contributed by atoms with Crippen LogP contribution in [0.25, 0.3) is 0 Å². The number of nitrogens with zero attached hydrogens (tertiary/aromatic N) is 1. The van der Waals surface area contributed by atoms with Crippen LogP contribution in [0.4, 0.5) is 10.5 Å². The van der Waals surface area contributed by atoms with Crippen LogP contribution in [-0.4, -0.2) is 44.1 Å². The zero-order chi connectivity index (χ0) is 25.3. The van der Waals surface area contributed by atoms with Gasteiger partial charge in [0.15, 0.2) is 0 Å². The number of hydrogen-bond acceptors (Lipinski definition) is 5. The fourth-order valence-corrected chi connectivity index (χ4v) is 5.55. The van der Waals surface area contributed by atoms with Crippen LogP contribution < -0.4 is 15.0 Å². The lowest BCUT2D eigenvalue weighted by Gasteiger charge is -2.33. The SMILES string of the molecule is C=C1CCC2(C)OC2[C@H](C)C2CC(C/C=C/C=C(\C)Cc3cc(OC)c(Cl)c(c3)N1C)NC(=O)O2. The van der Waals surface area contributed by atoms with E-state index >= 15 is 0 Å². The molecule has 1 aromatic rings. The smallest absolute Gasteiger partial charge is 0.407 e. The van der Waals surface area contributed by atoms with Crippen molar-refractivity contribution in [1.29, 1.82) is 0 Å². The number of carbonyl (C=O) groups excluding carboxylic acids is 1. The molecule has 4 unspecified atom stereocenters. The van der Waals surface area contributed by atoms with Crippen LogP contribution in [0.2, 0.25) is 5.02 Å². The number of anilines is 1. The molecule has 2 fully saturated rings. The molecular weight excluding hydrogens is 464 g/mol. The second-order valence-corrected chi connectivity index (χ2v) is 10.7. The fourth-order valence-electron chi connectivity index (χ4n) is 5.24. The first-order valence-electron chi connectivity index (χ1n) is 12.4. The van der Waals surface area contributed by atoms with Gasteiger partial charge in [-0.05, 0) is 57.2 Å². The van der Waals surface area contributed by atoms with Crippen molar-refractivity contribution in [3.8, 4) is 5.75 Å². The number of rotatable bonds is 1. The number of fused-ring (bicyclic) bond motifs is 5. The maximum absolute atomic E-state index is 12.2. The molecule has 0 spiro atoms. The van der Waals surface area contributed by atoms with E-state index in [1.54, 1.807) is 7.11 Å². The summed E-state index contributed by atoms with van der Waals surface area (Å²) in [5.41, 5.74) is 3.90. The zero-order valence-electron chi connectivity index (χ0n) is 21.4. The van der Waals surface area contributed by atoms with Crippen molar-refractivity contribution in [2.24, 2.45) is 5.92 Å². The van der Waals surface area contributed by atoms with Gasteiger partial charge in [-0.15, -0.1) is 0 Å². The zero-order valence-corrected chi connectivity index (χ0v) is 22.2. The predicted octanol–water partition coefficient (Wildman–Crippen LogP) is 6.19. The number of halogens is 1. The molecule has 1 amide bonds. The normalized spacial score (nSPS) is 34.1. The van der Waals surface area contributed by atoms with Crippen LogP contribution >= 0.6 is 11.6 Å². The van der Waals surface area contributed by atoms with Crippen molar-refractivity contribution in [3.63, 3.8) is 0 Å². The molecule has 1 N–H and O–H groups in total. The molecule has 190 valence electrons. The minimum absolute atomic E-state index is 0.0485. The summed E-state index contributed by atoms with van der Waals surface area (Å²) < 4.78 is 17.4. The number of hydrogen-bond donors (Lipinski definition) is 1. The molecule has 1 aromatic carbocycles. The highest BCUT2D eigenvalue weighted by Crippen LogP contribution is 2.48. The van der Waals surface area contributed by atoms with Gasteiger partial charge in [0.2, 0.25) is 0 Å². The molecular formula is C28H37ClN2O4. The number of alkyl carbamates (subject to hydrolysis) is 1. The summed E-state index contributed by atoms with van der Waals surface area (Å²) in [6, 6.07) is 4.16. The third kappa shape index (κ3) is 5.70. The predicted molar refractivity (Wildman–Crippen MR) is 140 cm³/mol. The molecule has 35 heavy (non-hydrogen) atoms. The average Bonchev–Trinajstić information content (AvgIpc) is 3.50. The lowest BCUT2D eigenvalue weighted by molar-refractivity contribution is 0.0221. The van der Waals surface area contributed by atoms with Gasteiger partial charge in [0.25, 0.3) is 0 Å². The number of nitrogens with one attached hydrogen (secondary N) is 1. The van der Waals surface area contributed by atoms with Gasteiger partial charge in [0, 0.05) is 31.1 Å². The van der Waals surface area contributed by atoms with Gasteiger partial charge in [0.05, 0.1) is 24.5 Å². The largest absolute Gasteiger partial charge is 0.495 e. The second kappa shape index (κ2) is 10.3. The van der Waals surface area contributed by atoms with Crippen LogP contribution in [0.3, 0.4) is 0 Å². The number of allylic oxidation sites excluding steroid dienone is 4. The molecule has 7 heteroatoms. The number of epoxide rings is 1. The highest BCUT2D eigenvalue weighted by Gasteiger charge is 2.57. The summed E-state index contributed by atoms with van der Waals surface area (Å²) in [7, 11) is 3.63. The van der Waals surface area contributed by atoms with Crippen molar-refractivity contribution < 1.29 is 19.0 Å². The molecule has 4 rings (SSSR count). The molecule has 0 saturated carbocycles. The van der Waals surface area contributed by atoms with Gasteiger partial charge >= 0.3 is 6.09 Å². The standard InChI is InChI=1S/C28H37ClN2O4/c1-17-9-7-8-10-21-16-23(34-27(32)30-21)19(3)26-28(4,35-26)12-11-18(2)31(5)22-14-20(13-17)15-24(33-6)25(22)29/h7-9,14-15,19,21,23,26H,2,10-13,16H2,1,3-6H3,(H,30,32)/b8-7+,17-9+/t19-,21?,23?,26?,28?/m1/s1. The molecule has 0 radical (unpaired) electrons. The number of methoxy groups -OCH3 is 1. The quantitative estimate of drug-likeness (QED) is 0.466. The Kier molecular flexibility index (Phi) is 7.53. The molecule has 5 atom stereocenters. The summed E-state index contributed by atoms with van der Waals surface area (Å²) in [5, 5.41) is 3.54. The Morgan fingerprint density at radius 1 is 1.34 bits per heavy atom. The third-order valence-corrected chi connectivity index (χ3v) is 7.95. The van der Waals surface area contributed by atoms with Crippen LogP contribution in [0, 0.1) is 5.92 Å². The van der Waals surface area contributed by atoms with Gasteiger partial charge in [0.1, 0.15) is 16.9 Å². The van der Waals surface area contributed by atoms with Gasteiger partial charge in [-0.25, -0.2) is 4.79 Å². The van der Waals surface area contributed by atoms with Crippen LogP contribution in [0.1, 0.15) is 52.0 Å². The van der Waals surface area contributed by atoms with E-state index in [-0.39, 0.29) is 35.9 Å². The summed E-state index contributed by atoms with van der Waals surface area (Å²) in [6.07, 6.45) is 9.72. The number of benzene rings is 1. The Morgan fingerprint density at radius 2 is 2.11 bits per heavy atom. The Balaban J connectivity index is 1.63. The number of amides is 1. The average molecular weight is 501 g/mol. The lowest BCUT2D eigenvalue weighted by Crippen LogP contribution is -2.48. The van der Waals surface area contributed by atoms with Crippen LogP contribution in [0.5, 0.6) is 5.75 Å². The van der Waals surface area contributed by atoms with E-state index in [2.05, 4.69) is 57.0 Å². The summed E-state index contributed by atoms with van der Waals surface area (Å²) in [4.78, 5) is 14.3. The van der Waals surface area contributed by atoms with E-state index in [0.29, 0.717) is 10.8 Å². The molecule has 0 aliphatic carbocycles. The maximum atomic E-state index is 12.2. The van der Waals surface area contributed by atoms with Crippen LogP contribution in [-0.2, 0) is 15.9 Å². The third-order valence-electron chi connectivity index (χ3n) is 7.57. The molecule has 3 aliphatic rings. The molecule has 3 heterocycles. The van der Waals surface area contributed by atoms with E-state index < -0.39 is 0 Å². The minimum Gasteiger partial charge on any atom is -0.495 e. The summed E-state index contributed by atoms with van der Waals surface area (Å²) >= 11 is 6.71. The minimum atomic E-state index is -0.341. The summed E-state index contributed by atoms with van der Waals surface area (Å²) in [6.45, 7) is 10.7. The maximum Gasteiger partial charge on any atom is 0.407 e. The molecule has 6 nitrogen and oxygen atoms in total. The number of carbonyl (C=O) groups is 1. The first kappa shape index (κ1) is 25.6. The van der Waals surface area contributed by atoms with Crippen molar-refractivity contribution in [3.05, 3.63) is 58.8 Å². The van der Waals surface area contributed by atoms with E-state index in [1.165, 1.54) is 5.57 Å².